The van der Waals surface area contributed by atoms with Crippen LogP contribution in [0.3, 0.4) is 0 Å². The van der Waals surface area contributed by atoms with Gasteiger partial charge in [0, 0.05) is 37.3 Å². The van der Waals surface area contributed by atoms with Crippen LogP contribution in [0, 0.1) is 19.8 Å². The number of hydrogen-bond donors (Lipinski definition) is 4. The number of carbonyl (C=O) groups is 3. The Balaban J connectivity index is 0.00000107. The second-order valence-electron chi connectivity index (χ2n) is 7.49. The number of nitrogens with one attached hydrogen (secondary N) is 2. The zero-order chi connectivity index (χ0) is 23.0. The van der Waals surface area contributed by atoms with E-state index in [-0.39, 0.29) is 24.2 Å². The minimum Gasteiger partial charge on any atom is -0.483 e. The molecule has 4 N–H and O–H groups in total. The Bertz CT molecular complexity index is 884. The molecule has 2 amide bonds. The fraction of sp³-hybridized carbons (Fsp3) is 0.500. The number of hydrogen-bond acceptors (Lipinski definition) is 7. The van der Waals surface area contributed by atoms with Crippen molar-refractivity contribution in [3.05, 3.63) is 41.5 Å². The first kappa shape index (κ1) is 23.9. The van der Waals surface area contributed by atoms with Gasteiger partial charge in [-0.25, -0.2) is 15.0 Å². The number of H-pyrrole nitrogens is 1. The quantitative estimate of drug-likeness (QED) is 0.495. The number of rotatable bonds is 5. The standard InChI is InChI=1S/C19H26N6O3.CH2O2/c1-11-7-22-17(23-11)10-25(3)19(28)13-4-5-15(16(26)6-13)24-18(27)14-8-20-12(2)21-9-14;2-1-3/h7-9,13,15-16,26H,4-6,10H2,1-3H3,(H,22,23)(H,24,27);1H,(H,2,3)/t13-,15+,16+;/m0./s1. The van der Waals surface area contributed by atoms with Crippen LogP contribution < -0.4 is 5.32 Å². The summed E-state index contributed by atoms with van der Waals surface area (Å²) in [5, 5.41) is 20.2. The van der Waals surface area contributed by atoms with Gasteiger partial charge < -0.3 is 25.4 Å². The van der Waals surface area contributed by atoms with Crippen LogP contribution in [0.5, 0.6) is 0 Å². The van der Waals surface area contributed by atoms with E-state index in [9.17, 15) is 14.7 Å². The Morgan fingerprint density at radius 3 is 2.42 bits per heavy atom. The van der Waals surface area contributed by atoms with Crippen molar-refractivity contribution in [3.63, 3.8) is 0 Å². The molecule has 2 aromatic rings. The molecule has 2 aromatic heterocycles. The van der Waals surface area contributed by atoms with Crippen LogP contribution in [-0.2, 0) is 16.1 Å². The highest BCUT2D eigenvalue weighted by atomic mass is 16.3. The van der Waals surface area contributed by atoms with E-state index in [1.165, 1.54) is 12.4 Å². The van der Waals surface area contributed by atoms with Gasteiger partial charge in [0.1, 0.15) is 11.6 Å². The molecule has 0 spiro atoms. The van der Waals surface area contributed by atoms with Gasteiger partial charge in [-0.3, -0.25) is 14.4 Å². The molecule has 11 heteroatoms. The fourth-order valence-electron chi connectivity index (χ4n) is 3.46. The summed E-state index contributed by atoms with van der Waals surface area (Å²) in [7, 11) is 1.73. The molecule has 0 aromatic carbocycles. The molecule has 1 saturated carbocycles. The normalized spacial score (nSPS) is 20.2. The highest BCUT2D eigenvalue weighted by Crippen LogP contribution is 2.27. The lowest BCUT2D eigenvalue weighted by Gasteiger charge is -2.34. The third-order valence-electron chi connectivity index (χ3n) is 5.04. The summed E-state index contributed by atoms with van der Waals surface area (Å²) in [6.45, 7) is 3.80. The van der Waals surface area contributed by atoms with Crippen molar-refractivity contribution < 1.29 is 24.6 Å². The summed E-state index contributed by atoms with van der Waals surface area (Å²) in [5.41, 5.74) is 1.30. The smallest absolute Gasteiger partial charge is 0.290 e. The summed E-state index contributed by atoms with van der Waals surface area (Å²) < 4.78 is 0. The first-order chi connectivity index (χ1) is 14.7. The average molecular weight is 432 g/mol. The molecule has 1 aliphatic rings. The summed E-state index contributed by atoms with van der Waals surface area (Å²) in [4.78, 5) is 50.4. The minimum absolute atomic E-state index is 0.0233. The van der Waals surface area contributed by atoms with Crippen molar-refractivity contribution in [1.29, 1.82) is 0 Å². The highest BCUT2D eigenvalue weighted by Gasteiger charge is 2.35. The second kappa shape index (κ2) is 11.2. The van der Waals surface area contributed by atoms with E-state index in [0.29, 0.717) is 37.2 Å². The third kappa shape index (κ3) is 6.85. The number of carboxylic acid groups (broad SMARTS) is 1. The van der Waals surface area contributed by atoms with Crippen molar-refractivity contribution in [3.8, 4) is 0 Å². The molecule has 11 nitrogen and oxygen atoms in total. The van der Waals surface area contributed by atoms with Crippen molar-refractivity contribution in [2.75, 3.05) is 7.05 Å². The maximum Gasteiger partial charge on any atom is 0.290 e. The number of imidazole rings is 1. The van der Waals surface area contributed by atoms with Gasteiger partial charge in [-0.05, 0) is 33.1 Å². The number of aliphatic hydroxyl groups excluding tert-OH is 1. The fourth-order valence-corrected chi connectivity index (χ4v) is 3.46. The lowest BCUT2D eigenvalue weighted by molar-refractivity contribution is -0.137. The monoisotopic (exact) mass is 432 g/mol. The number of amides is 2. The predicted molar refractivity (Wildman–Crippen MR) is 110 cm³/mol. The summed E-state index contributed by atoms with van der Waals surface area (Å²) >= 11 is 0. The number of aryl methyl sites for hydroxylation is 2. The molecule has 0 aliphatic heterocycles. The Hall–Kier alpha value is -3.34. The zero-order valence-corrected chi connectivity index (χ0v) is 17.8. The topological polar surface area (TPSA) is 161 Å². The molecule has 1 aliphatic carbocycles. The van der Waals surface area contributed by atoms with Crippen molar-refractivity contribution >= 4 is 18.3 Å². The molecular formula is C20H28N6O5. The van der Waals surface area contributed by atoms with Gasteiger partial charge in [-0.2, -0.15) is 0 Å². The number of carbonyl (C=O) groups excluding carboxylic acids is 2. The highest BCUT2D eigenvalue weighted by molar-refractivity contribution is 5.93. The molecule has 168 valence electrons. The van der Waals surface area contributed by atoms with E-state index >= 15 is 0 Å². The summed E-state index contributed by atoms with van der Waals surface area (Å²) in [6.07, 6.45) is 5.32. The molecule has 31 heavy (non-hydrogen) atoms. The van der Waals surface area contributed by atoms with E-state index in [1.807, 2.05) is 6.92 Å². The maximum absolute atomic E-state index is 12.7. The van der Waals surface area contributed by atoms with Gasteiger partial charge in [0.15, 0.2) is 0 Å². The van der Waals surface area contributed by atoms with Gasteiger partial charge in [0.25, 0.3) is 12.4 Å². The van der Waals surface area contributed by atoms with Gasteiger partial charge in [-0.15, -0.1) is 0 Å². The molecule has 0 unspecified atom stereocenters. The second-order valence-corrected chi connectivity index (χ2v) is 7.49. The SMILES string of the molecule is Cc1ncc(C(=O)N[C@@H]2CC[C@H](C(=O)N(C)Cc3ncc(C)[nH]3)C[C@H]2O)cn1.O=CO. The molecule has 3 rings (SSSR count). The van der Waals surface area contributed by atoms with E-state index in [4.69, 9.17) is 9.90 Å². The third-order valence-corrected chi connectivity index (χ3v) is 5.04. The number of aromatic amines is 1. The van der Waals surface area contributed by atoms with Crippen molar-refractivity contribution in [2.45, 2.75) is 51.8 Å². The Kier molecular flexibility index (Phi) is 8.62. The zero-order valence-electron chi connectivity index (χ0n) is 17.8. The number of nitrogens with zero attached hydrogens (tertiary/aromatic N) is 4. The molecular weight excluding hydrogens is 404 g/mol. The summed E-state index contributed by atoms with van der Waals surface area (Å²) in [5.74, 6) is 0.704. The average Bonchev–Trinajstić information content (AvgIpc) is 3.14. The van der Waals surface area contributed by atoms with Gasteiger partial charge in [-0.1, -0.05) is 0 Å². The van der Waals surface area contributed by atoms with Crippen molar-refractivity contribution in [1.82, 2.24) is 30.2 Å². The molecule has 2 heterocycles. The first-order valence-corrected chi connectivity index (χ1v) is 9.86. The summed E-state index contributed by atoms with van der Waals surface area (Å²) in [6, 6.07) is -0.393. The molecule has 0 bridgehead atoms. The van der Waals surface area contributed by atoms with E-state index in [0.717, 1.165) is 11.5 Å². The van der Waals surface area contributed by atoms with Gasteiger partial charge in [0.2, 0.25) is 5.91 Å². The van der Waals surface area contributed by atoms with Crippen LogP contribution in [0.15, 0.2) is 18.6 Å². The van der Waals surface area contributed by atoms with E-state index in [1.54, 1.807) is 25.1 Å². The van der Waals surface area contributed by atoms with Crippen molar-refractivity contribution in [2.24, 2.45) is 5.92 Å². The number of aliphatic hydroxyl groups is 1. The largest absolute Gasteiger partial charge is 0.483 e. The van der Waals surface area contributed by atoms with E-state index in [2.05, 4.69) is 25.3 Å². The van der Waals surface area contributed by atoms with E-state index < -0.39 is 12.1 Å². The Labute approximate surface area is 179 Å². The Morgan fingerprint density at radius 1 is 1.23 bits per heavy atom. The van der Waals surface area contributed by atoms with Crippen LogP contribution in [0.25, 0.3) is 0 Å². The van der Waals surface area contributed by atoms with Crippen LogP contribution >= 0.6 is 0 Å². The number of aromatic nitrogens is 4. The molecule has 3 atom stereocenters. The Morgan fingerprint density at radius 2 is 1.87 bits per heavy atom. The lowest BCUT2D eigenvalue weighted by atomic mass is 9.83. The van der Waals surface area contributed by atoms with Gasteiger partial charge in [0.05, 0.1) is 24.3 Å². The first-order valence-electron chi connectivity index (χ1n) is 9.86. The predicted octanol–water partition coefficient (Wildman–Crippen LogP) is 0.435. The van der Waals surface area contributed by atoms with Gasteiger partial charge >= 0.3 is 0 Å². The van der Waals surface area contributed by atoms with Crippen LogP contribution in [-0.4, -0.2) is 72.5 Å². The molecule has 0 saturated heterocycles. The molecule has 0 radical (unpaired) electrons. The van der Waals surface area contributed by atoms with Crippen LogP contribution in [0.1, 0.15) is 47.0 Å². The lowest BCUT2D eigenvalue weighted by Crippen LogP contribution is -2.49. The maximum atomic E-state index is 12.7. The minimum atomic E-state index is -0.780. The van der Waals surface area contributed by atoms with Crippen LogP contribution in [0.2, 0.25) is 0 Å². The van der Waals surface area contributed by atoms with Crippen LogP contribution in [0.4, 0.5) is 0 Å². The molecule has 1 fully saturated rings.